The molecule has 2 aromatic heterocycles. The van der Waals surface area contributed by atoms with Gasteiger partial charge in [-0.1, -0.05) is 48.9 Å². The predicted molar refractivity (Wildman–Crippen MR) is 160 cm³/mol. The van der Waals surface area contributed by atoms with Crippen molar-refractivity contribution in [3.63, 3.8) is 0 Å². The van der Waals surface area contributed by atoms with Crippen LogP contribution in [0.1, 0.15) is 47.2 Å². The van der Waals surface area contributed by atoms with Crippen LogP contribution in [0.25, 0.3) is 22.8 Å². The summed E-state index contributed by atoms with van der Waals surface area (Å²) >= 11 is 1.45. The van der Waals surface area contributed by atoms with Gasteiger partial charge in [-0.15, -0.1) is 29.6 Å². The summed E-state index contributed by atoms with van der Waals surface area (Å²) in [5.41, 5.74) is 7.83. The van der Waals surface area contributed by atoms with Crippen molar-refractivity contribution in [3.05, 3.63) is 105 Å². The molecule has 1 unspecified atom stereocenters. The molecule has 7 nitrogen and oxygen atoms in total. The van der Waals surface area contributed by atoms with Gasteiger partial charge in [-0.2, -0.15) is 4.99 Å². The summed E-state index contributed by atoms with van der Waals surface area (Å²) in [5.74, 6) is -0.110. The summed E-state index contributed by atoms with van der Waals surface area (Å²) in [6.07, 6.45) is -3.01. The lowest BCUT2D eigenvalue weighted by Crippen LogP contribution is -2.19. The van der Waals surface area contributed by atoms with E-state index in [-0.39, 0.29) is 24.0 Å². The monoisotopic (exact) mass is 605 g/mol. The van der Waals surface area contributed by atoms with Gasteiger partial charge in [-0.3, -0.25) is 9.36 Å². The van der Waals surface area contributed by atoms with Crippen LogP contribution in [-0.4, -0.2) is 31.6 Å². The number of thiazole rings is 1. The van der Waals surface area contributed by atoms with Gasteiger partial charge in [0.1, 0.15) is 12.1 Å². The van der Waals surface area contributed by atoms with Crippen molar-refractivity contribution in [2.75, 3.05) is 0 Å². The maximum atomic E-state index is 13.1. The van der Waals surface area contributed by atoms with E-state index in [0.29, 0.717) is 16.3 Å². The Hall–Kier alpha value is -4.51. The fraction of sp³-hybridized carbons (Fsp3) is 0.250. The molecule has 3 aromatic carbocycles. The third kappa shape index (κ3) is 6.94. The predicted octanol–water partition coefficient (Wildman–Crippen LogP) is 7.54. The van der Waals surface area contributed by atoms with Crippen LogP contribution in [0.2, 0.25) is 0 Å². The Balaban J connectivity index is 1.28. The van der Waals surface area contributed by atoms with Gasteiger partial charge in [-0.05, 0) is 74.6 Å². The number of aromatic nitrogens is 4. The Morgan fingerprint density at radius 1 is 1.00 bits per heavy atom. The van der Waals surface area contributed by atoms with E-state index >= 15 is 0 Å². The third-order valence-corrected chi connectivity index (χ3v) is 7.95. The number of aryl methyl sites for hydroxylation is 4. The minimum Gasteiger partial charge on any atom is -0.406 e. The third-order valence-electron chi connectivity index (χ3n) is 7.00. The minimum atomic E-state index is -4.75. The number of hydrogen-bond donors (Lipinski definition) is 0. The normalized spacial score (nSPS) is 12.9. The van der Waals surface area contributed by atoms with Gasteiger partial charge in [0.2, 0.25) is 5.91 Å². The quantitative estimate of drug-likeness (QED) is 0.192. The van der Waals surface area contributed by atoms with Crippen molar-refractivity contribution in [1.29, 1.82) is 0 Å². The molecule has 0 aliphatic carbocycles. The van der Waals surface area contributed by atoms with Gasteiger partial charge < -0.3 is 4.74 Å². The van der Waals surface area contributed by atoms with E-state index in [1.165, 1.54) is 52.2 Å². The van der Waals surface area contributed by atoms with Crippen LogP contribution in [0, 0.1) is 27.7 Å². The maximum absolute atomic E-state index is 13.1. The van der Waals surface area contributed by atoms with E-state index in [2.05, 4.69) is 57.3 Å². The number of carbonyl (C=O) groups excluding carboxylic acids is 1. The van der Waals surface area contributed by atoms with Crippen molar-refractivity contribution in [2.24, 2.45) is 4.99 Å². The molecular weight excluding hydrogens is 575 g/mol. The lowest BCUT2D eigenvalue weighted by molar-refractivity contribution is -0.274. The molecule has 1 atom stereocenters. The molecule has 0 radical (unpaired) electrons. The Morgan fingerprint density at radius 3 is 2.28 bits per heavy atom. The first-order valence-electron chi connectivity index (χ1n) is 13.6. The highest BCUT2D eigenvalue weighted by Crippen LogP contribution is 2.26. The van der Waals surface area contributed by atoms with Crippen molar-refractivity contribution >= 4 is 17.2 Å². The van der Waals surface area contributed by atoms with Crippen molar-refractivity contribution in [2.45, 2.75) is 53.3 Å². The van der Waals surface area contributed by atoms with E-state index in [0.717, 1.165) is 33.6 Å². The fourth-order valence-electron chi connectivity index (χ4n) is 5.08. The minimum absolute atomic E-state index is 0.0643. The molecular formula is C32H30F3N5O2S. The summed E-state index contributed by atoms with van der Waals surface area (Å²) in [5, 5.41) is 6.46. The first-order valence-corrected chi connectivity index (χ1v) is 14.5. The average molecular weight is 606 g/mol. The average Bonchev–Trinajstić information content (AvgIpc) is 3.56. The van der Waals surface area contributed by atoms with Gasteiger partial charge in [0.05, 0.1) is 11.4 Å². The number of alkyl halides is 3. The molecule has 0 fully saturated rings. The Labute approximate surface area is 251 Å². The van der Waals surface area contributed by atoms with Crippen LogP contribution in [0.4, 0.5) is 13.2 Å². The van der Waals surface area contributed by atoms with E-state index in [9.17, 15) is 18.0 Å². The molecule has 5 aromatic rings. The molecule has 0 aliphatic rings. The number of benzene rings is 3. The van der Waals surface area contributed by atoms with E-state index in [1.54, 1.807) is 0 Å². The molecule has 5 rings (SSSR count). The SMILES string of the molecule is Cc1cc(C)c(-n2c(C)csc2=NC(=O)CC(C)c2ccc(-c3ncn(-c4ccc(OC(F)(F)F)cc4)n3)cc2)c(C)c1. The van der Waals surface area contributed by atoms with E-state index in [1.807, 2.05) is 43.5 Å². The molecule has 0 saturated heterocycles. The Bertz CT molecular complexity index is 1810. The zero-order chi connectivity index (χ0) is 30.9. The van der Waals surface area contributed by atoms with Crippen molar-refractivity contribution in [1.82, 2.24) is 19.3 Å². The largest absolute Gasteiger partial charge is 0.573 e. The zero-order valence-corrected chi connectivity index (χ0v) is 25.1. The smallest absolute Gasteiger partial charge is 0.406 e. The molecule has 0 bridgehead atoms. The molecule has 222 valence electrons. The van der Waals surface area contributed by atoms with Gasteiger partial charge in [0, 0.05) is 23.1 Å². The summed E-state index contributed by atoms with van der Waals surface area (Å²) in [6, 6.07) is 17.3. The summed E-state index contributed by atoms with van der Waals surface area (Å²) in [7, 11) is 0. The van der Waals surface area contributed by atoms with Crippen molar-refractivity contribution < 1.29 is 22.7 Å². The molecule has 2 heterocycles. The first kappa shape index (κ1) is 30.0. The van der Waals surface area contributed by atoms with Crippen LogP contribution >= 0.6 is 11.3 Å². The lowest BCUT2D eigenvalue weighted by Gasteiger charge is -2.14. The van der Waals surface area contributed by atoms with Gasteiger partial charge in [-0.25, -0.2) is 9.67 Å². The van der Waals surface area contributed by atoms with E-state index < -0.39 is 6.36 Å². The number of amides is 1. The molecule has 0 aliphatic heterocycles. The number of halogens is 3. The number of nitrogens with zero attached hydrogens (tertiary/aromatic N) is 5. The summed E-state index contributed by atoms with van der Waals surface area (Å²) in [6.45, 7) is 10.2. The molecule has 1 amide bonds. The van der Waals surface area contributed by atoms with Crippen LogP contribution in [0.15, 0.2) is 77.4 Å². The second-order valence-corrected chi connectivity index (χ2v) is 11.4. The second-order valence-electron chi connectivity index (χ2n) is 10.5. The molecule has 43 heavy (non-hydrogen) atoms. The van der Waals surface area contributed by atoms with Gasteiger partial charge in [0.15, 0.2) is 10.6 Å². The number of ether oxygens (including phenoxy) is 1. The molecule has 0 spiro atoms. The molecule has 11 heteroatoms. The summed E-state index contributed by atoms with van der Waals surface area (Å²) in [4.78, 5) is 22.6. The van der Waals surface area contributed by atoms with Crippen LogP contribution < -0.4 is 9.54 Å². The first-order chi connectivity index (χ1) is 20.4. The highest BCUT2D eigenvalue weighted by molar-refractivity contribution is 7.07. The Morgan fingerprint density at radius 2 is 1.65 bits per heavy atom. The zero-order valence-electron chi connectivity index (χ0n) is 24.3. The lowest BCUT2D eigenvalue weighted by atomic mass is 9.96. The Kier molecular flexibility index (Phi) is 8.36. The second kappa shape index (κ2) is 12.0. The molecule has 0 N–H and O–H groups in total. The number of carbonyl (C=O) groups is 1. The maximum Gasteiger partial charge on any atom is 0.573 e. The van der Waals surface area contributed by atoms with Crippen molar-refractivity contribution in [3.8, 4) is 28.5 Å². The van der Waals surface area contributed by atoms with Crippen LogP contribution in [0.5, 0.6) is 5.75 Å². The standard InChI is InChI=1S/C32H30F3N5O2S/c1-19-14-21(3)29(22(4)15-19)40-23(5)17-43-31(40)37-28(41)16-20(2)24-6-8-25(9-7-24)30-36-18-39(38-30)26-10-12-27(13-11-26)42-32(33,34)35/h6-15,17-18,20H,16H2,1-5H3. The number of hydrogen-bond acceptors (Lipinski definition) is 5. The highest BCUT2D eigenvalue weighted by Gasteiger charge is 2.31. The topological polar surface area (TPSA) is 74.3 Å². The fourth-order valence-corrected chi connectivity index (χ4v) is 5.96. The summed E-state index contributed by atoms with van der Waals surface area (Å²) < 4.78 is 44.7. The molecule has 0 saturated carbocycles. The highest BCUT2D eigenvalue weighted by atomic mass is 32.1. The number of rotatable bonds is 7. The van der Waals surface area contributed by atoms with Gasteiger partial charge in [0.25, 0.3) is 0 Å². The van der Waals surface area contributed by atoms with E-state index in [4.69, 9.17) is 0 Å². The van der Waals surface area contributed by atoms with Gasteiger partial charge >= 0.3 is 6.36 Å². The van der Waals surface area contributed by atoms with Crippen LogP contribution in [0.3, 0.4) is 0 Å². The van der Waals surface area contributed by atoms with Crippen LogP contribution in [-0.2, 0) is 4.79 Å².